The number of nitrogens with one attached hydrogen (secondary N) is 1. The zero-order valence-corrected chi connectivity index (χ0v) is 14.3. The van der Waals surface area contributed by atoms with Gasteiger partial charge in [0.1, 0.15) is 17.1 Å². The summed E-state index contributed by atoms with van der Waals surface area (Å²) in [5, 5.41) is 11.3. The Morgan fingerprint density at radius 1 is 1.32 bits per heavy atom. The minimum absolute atomic E-state index is 0.261. The Hall–Kier alpha value is -2.23. The van der Waals surface area contributed by atoms with Gasteiger partial charge in [-0.3, -0.25) is 14.9 Å². The molecule has 0 atom stereocenters. The molecule has 25 heavy (non-hydrogen) atoms. The first-order valence-electron chi connectivity index (χ1n) is 7.70. The molecule has 6 nitrogen and oxygen atoms in total. The van der Waals surface area contributed by atoms with Gasteiger partial charge in [-0.2, -0.15) is 13.2 Å². The molecular weight excluding hydrogens is 357 g/mol. The van der Waals surface area contributed by atoms with Crippen LogP contribution in [0.3, 0.4) is 0 Å². The van der Waals surface area contributed by atoms with E-state index in [0.29, 0.717) is 10.6 Å². The van der Waals surface area contributed by atoms with Crippen molar-refractivity contribution in [1.82, 2.24) is 14.8 Å². The summed E-state index contributed by atoms with van der Waals surface area (Å²) in [7, 11) is 0. The number of anilines is 1. The van der Waals surface area contributed by atoms with Gasteiger partial charge in [-0.05, 0) is 18.6 Å². The van der Waals surface area contributed by atoms with Crippen molar-refractivity contribution in [3.8, 4) is 0 Å². The number of hydrogen-bond donors (Lipinski definition) is 1. The summed E-state index contributed by atoms with van der Waals surface area (Å²) in [6.45, 7) is 1.55. The molecule has 0 fully saturated rings. The van der Waals surface area contributed by atoms with Gasteiger partial charge in [0.15, 0.2) is 0 Å². The van der Waals surface area contributed by atoms with Gasteiger partial charge in [0.05, 0.1) is 0 Å². The maximum atomic E-state index is 12.7. The fraction of sp³-hybridized carbons (Fsp3) is 0.467. The monoisotopic (exact) mass is 374 g/mol. The van der Waals surface area contributed by atoms with Gasteiger partial charge < -0.3 is 4.57 Å². The number of halogens is 3. The number of amides is 1. The van der Waals surface area contributed by atoms with E-state index in [4.69, 9.17) is 0 Å². The van der Waals surface area contributed by atoms with Crippen LogP contribution in [0.25, 0.3) is 0 Å². The molecule has 0 aromatic carbocycles. The molecule has 1 N–H and O–H groups in total. The third kappa shape index (κ3) is 5.38. The summed E-state index contributed by atoms with van der Waals surface area (Å²) in [4.78, 5) is 23.7. The highest BCUT2D eigenvalue weighted by atomic mass is 32.1. The van der Waals surface area contributed by atoms with Crippen LogP contribution in [0.4, 0.5) is 18.3 Å². The van der Waals surface area contributed by atoms with Crippen LogP contribution in [-0.4, -0.2) is 20.7 Å². The summed E-state index contributed by atoms with van der Waals surface area (Å²) >= 11 is 1.21. The van der Waals surface area contributed by atoms with Crippen LogP contribution in [-0.2, 0) is 23.9 Å². The molecule has 0 aliphatic heterocycles. The smallest absolute Gasteiger partial charge is 0.306 e. The van der Waals surface area contributed by atoms with Crippen LogP contribution < -0.4 is 10.9 Å². The lowest BCUT2D eigenvalue weighted by atomic mass is 10.2. The van der Waals surface area contributed by atoms with Crippen molar-refractivity contribution in [2.75, 3.05) is 5.32 Å². The number of nitrogens with zero attached hydrogens (tertiary/aromatic N) is 3. The second-order valence-electron chi connectivity index (χ2n) is 5.36. The third-order valence-corrected chi connectivity index (χ3v) is 4.25. The predicted octanol–water partition coefficient (Wildman–Crippen LogP) is 3.09. The van der Waals surface area contributed by atoms with E-state index >= 15 is 0 Å². The summed E-state index contributed by atoms with van der Waals surface area (Å²) in [6.07, 6.45) is 0.248. The van der Waals surface area contributed by atoms with E-state index in [1.54, 1.807) is 0 Å². The van der Waals surface area contributed by atoms with E-state index in [-0.39, 0.29) is 5.13 Å². The van der Waals surface area contributed by atoms with Crippen LogP contribution in [0.15, 0.2) is 23.1 Å². The normalized spacial score (nSPS) is 11.5. The molecular formula is C15H17F3N4O2S. The van der Waals surface area contributed by atoms with Crippen molar-refractivity contribution >= 4 is 22.4 Å². The highest BCUT2D eigenvalue weighted by molar-refractivity contribution is 7.15. The molecule has 2 rings (SSSR count). The standard InChI is InChI=1S/C15H17F3N4O2S/c1-2-3-4-7-12-20-21-14(25-12)19-11(23)9-22-8-5-6-10(13(22)24)15(16,17)18/h5-6,8H,2-4,7,9H2,1H3,(H,19,21,23). The lowest BCUT2D eigenvalue weighted by molar-refractivity contribution is -0.139. The van der Waals surface area contributed by atoms with Crippen molar-refractivity contribution in [2.24, 2.45) is 0 Å². The predicted molar refractivity (Wildman–Crippen MR) is 87.5 cm³/mol. The van der Waals surface area contributed by atoms with Gasteiger partial charge >= 0.3 is 6.18 Å². The summed E-state index contributed by atoms with van der Waals surface area (Å²) < 4.78 is 38.8. The van der Waals surface area contributed by atoms with E-state index in [9.17, 15) is 22.8 Å². The fourth-order valence-electron chi connectivity index (χ4n) is 2.12. The Labute approximate surface area is 145 Å². The quantitative estimate of drug-likeness (QED) is 0.756. The highest BCUT2D eigenvalue weighted by Gasteiger charge is 2.34. The molecule has 2 aromatic heterocycles. The first-order chi connectivity index (χ1) is 11.8. The van der Waals surface area contributed by atoms with Gasteiger partial charge in [-0.15, -0.1) is 10.2 Å². The fourth-order valence-corrected chi connectivity index (χ4v) is 2.92. The molecule has 2 heterocycles. The Bertz CT molecular complexity index is 786. The van der Waals surface area contributed by atoms with E-state index in [0.717, 1.165) is 43.0 Å². The number of aromatic nitrogens is 3. The maximum absolute atomic E-state index is 12.7. The van der Waals surface area contributed by atoms with Crippen molar-refractivity contribution < 1.29 is 18.0 Å². The van der Waals surface area contributed by atoms with Crippen LogP contribution in [0.5, 0.6) is 0 Å². The zero-order valence-electron chi connectivity index (χ0n) is 13.5. The SMILES string of the molecule is CCCCCc1nnc(NC(=O)Cn2cccc(C(F)(F)F)c2=O)s1. The van der Waals surface area contributed by atoms with Crippen molar-refractivity contribution in [3.05, 3.63) is 39.3 Å². The molecule has 136 valence electrons. The zero-order chi connectivity index (χ0) is 18.4. The van der Waals surface area contributed by atoms with Crippen LogP contribution in [0.1, 0.15) is 36.8 Å². The lowest BCUT2D eigenvalue weighted by Gasteiger charge is -2.09. The largest absolute Gasteiger partial charge is 0.421 e. The molecule has 0 saturated carbocycles. The number of carbonyl (C=O) groups is 1. The number of carbonyl (C=O) groups excluding carboxylic acids is 1. The Balaban J connectivity index is 2.00. The van der Waals surface area contributed by atoms with Crippen LogP contribution in [0.2, 0.25) is 0 Å². The molecule has 10 heteroatoms. The Kier molecular flexibility index (Phi) is 6.29. The average Bonchev–Trinajstić information content (AvgIpc) is 2.96. The minimum Gasteiger partial charge on any atom is -0.306 e. The van der Waals surface area contributed by atoms with Crippen molar-refractivity contribution in [3.63, 3.8) is 0 Å². The molecule has 0 bridgehead atoms. The summed E-state index contributed by atoms with van der Waals surface area (Å²) in [5.41, 5.74) is -2.57. The second-order valence-corrected chi connectivity index (χ2v) is 6.42. The number of aryl methyl sites for hydroxylation is 1. The lowest BCUT2D eigenvalue weighted by Crippen LogP contribution is -2.31. The second kappa shape index (κ2) is 8.24. The average molecular weight is 374 g/mol. The Morgan fingerprint density at radius 3 is 2.76 bits per heavy atom. The van der Waals surface area contributed by atoms with E-state index < -0.39 is 29.8 Å². The molecule has 0 unspecified atom stereocenters. The molecule has 0 saturated heterocycles. The molecule has 0 radical (unpaired) electrons. The molecule has 0 aliphatic rings. The maximum Gasteiger partial charge on any atom is 0.421 e. The summed E-state index contributed by atoms with van der Waals surface area (Å²) in [6, 6.07) is 1.76. The number of unbranched alkanes of at least 4 members (excludes halogenated alkanes) is 2. The van der Waals surface area contributed by atoms with E-state index in [1.807, 2.05) is 0 Å². The number of rotatable bonds is 7. The molecule has 0 spiro atoms. The molecule has 1 amide bonds. The van der Waals surface area contributed by atoms with Gasteiger partial charge in [-0.25, -0.2) is 0 Å². The van der Waals surface area contributed by atoms with Gasteiger partial charge in [-0.1, -0.05) is 31.1 Å². The molecule has 0 aliphatic carbocycles. The topological polar surface area (TPSA) is 76.9 Å². The van der Waals surface area contributed by atoms with Crippen LogP contribution in [0, 0.1) is 0 Å². The Morgan fingerprint density at radius 2 is 2.08 bits per heavy atom. The van der Waals surface area contributed by atoms with Crippen molar-refractivity contribution in [1.29, 1.82) is 0 Å². The number of hydrogen-bond acceptors (Lipinski definition) is 5. The van der Waals surface area contributed by atoms with Gasteiger partial charge in [0.25, 0.3) is 5.56 Å². The third-order valence-electron chi connectivity index (χ3n) is 3.35. The molecule has 2 aromatic rings. The number of pyridine rings is 1. The highest BCUT2D eigenvalue weighted by Crippen LogP contribution is 2.26. The first kappa shape index (κ1) is 19.1. The first-order valence-corrected chi connectivity index (χ1v) is 8.51. The number of alkyl halides is 3. The van der Waals surface area contributed by atoms with Gasteiger partial charge in [0.2, 0.25) is 11.0 Å². The minimum atomic E-state index is -4.76. The van der Waals surface area contributed by atoms with E-state index in [2.05, 4.69) is 22.4 Å². The van der Waals surface area contributed by atoms with Crippen molar-refractivity contribution in [2.45, 2.75) is 45.3 Å². The van der Waals surface area contributed by atoms with Gasteiger partial charge in [0, 0.05) is 12.6 Å². The van der Waals surface area contributed by atoms with E-state index in [1.165, 1.54) is 11.3 Å². The summed E-state index contributed by atoms with van der Waals surface area (Å²) in [5.74, 6) is -0.641. The van der Waals surface area contributed by atoms with Crippen LogP contribution >= 0.6 is 11.3 Å².